The van der Waals surface area contributed by atoms with E-state index in [9.17, 15) is 9.90 Å². The first kappa shape index (κ1) is 15.9. The number of amides is 1. The van der Waals surface area contributed by atoms with E-state index in [-0.39, 0.29) is 12.5 Å². The van der Waals surface area contributed by atoms with Gasteiger partial charge < -0.3 is 10.4 Å². The van der Waals surface area contributed by atoms with Crippen LogP contribution in [0.3, 0.4) is 0 Å². The minimum Gasteiger partial charge on any atom is -0.394 e. The second-order valence-electron chi connectivity index (χ2n) is 5.46. The fraction of sp³-hybridized carbons (Fsp3) is 0.167. The molecule has 3 rings (SSSR count). The monoisotopic (exact) mass is 322 g/mol. The molecular weight excluding hydrogens is 304 g/mol. The third-order valence-corrected chi connectivity index (χ3v) is 3.81. The average Bonchev–Trinajstić information content (AvgIpc) is 3.14. The summed E-state index contributed by atoms with van der Waals surface area (Å²) in [4.78, 5) is 16.4. The van der Waals surface area contributed by atoms with Gasteiger partial charge in [-0.05, 0) is 36.2 Å². The first-order valence-corrected chi connectivity index (χ1v) is 7.61. The average molecular weight is 322 g/mol. The Morgan fingerprint density at radius 2 is 2.04 bits per heavy atom. The second kappa shape index (κ2) is 7.06. The van der Waals surface area contributed by atoms with Crippen molar-refractivity contribution in [2.24, 2.45) is 0 Å². The van der Waals surface area contributed by atoms with Crippen LogP contribution < -0.4 is 5.32 Å². The summed E-state index contributed by atoms with van der Waals surface area (Å²) in [7, 11) is 0. The lowest BCUT2D eigenvalue weighted by molar-refractivity contribution is 0.0916. The lowest BCUT2D eigenvalue weighted by Crippen LogP contribution is -2.30. The molecule has 0 saturated heterocycles. The van der Waals surface area contributed by atoms with Gasteiger partial charge in [-0.2, -0.15) is 5.10 Å². The molecule has 24 heavy (non-hydrogen) atoms. The number of nitrogens with zero attached hydrogens (tertiary/aromatic N) is 3. The fourth-order valence-electron chi connectivity index (χ4n) is 2.55. The van der Waals surface area contributed by atoms with Gasteiger partial charge in [-0.3, -0.25) is 4.79 Å². The van der Waals surface area contributed by atoms with E-state index in [4.69, 9.17) is 0 Å². The van der Waals surface area contributed by atoms with E-state index in [1.165, 1.54) is 6.33 Å². The van der Waals surface area contributed by atoms with E-state index in [0.29, 0.717) is 5.56 Å². The fourth-order valence-corrected chi connectivity index (χ4v) is 2.55. The van der Waals surface area contributed by atoms with E-state index in [2.05, 4.69) is 15.4 Å². The zero-order chi connectivity index (χ0) is 16.9. The topological polar surface area (TPSA) is 80.0 Å². The van der Waals surface area contributed by atoms with E-state index < -0.39 is 6.04 Å². The Bertz CT molecular complexity index is 816. The summed E-state index contributed by atoms with van der Waals surface area (Å²) in [6, 6.07) is 14.3. The quantitative estimate of drug-likeness (QED) is 0.753. The first-order valence-electron chi connectivity index (χ1n) is 7.61. The van der Waals surface area contributed by atoms with Crippen LogP contribution in [0.4, 0.5) is 0 Å². The van der Waals surface area contributed by atoms with Gasteiger partial charge in [-0.15, -0.1) is 0 Å². The molecule has 0 aliphatic heterocycles. The van der Waals surface area contributed by atoms with Crippen molar-refractivity contribution in [3.8, 4) is 5.69 Å². The van der Waals surface area contributed by atoms with Crippen LogP contribution in [0, 0.1) is 6.92 Å². The first-order chi connectivity index (χ1) is 11.7. The number of benzene rings is 2. The van der Waals surface area contributed by atoms with Crippen molar-refractivity contribution in [2.75, 3.05) is 6.61 Å². The number of carbonyl (C=O) groups is 1. The Kier molecular flexibility index (Phi) is 4.67. The summed E-state index contributed by atoms with van der Waals surface area (Å²) in [5.41, 5.74) is 3.18. The lowest BCUT2D eigenvalue weighted by Gasteiger charge is -2.17. The molecule has 122 valence electrons. The van der Waals surface area contributed by atoms with Crippen LogP contribution >= 0.6 is 0 Å². The molecule has 0 saturated carbocycles. The van der Waals surface area contributed by atoms with E-state index >= 15 is 0 Å². The number of hydrogen-bond donors (Lipinski definition) is 2. The SMILES string of the molecule is Cc1cc(C(=O)NC(CO)c2ccccc2)ccc1-n1cncn1. The zero-order valence-electron chi connectivity index (χ0n) is 13.3. The van der Waals surface area contributed by atoms with Crippen molar-refractivity contribution < 1.29 is 9.90 Å². The minimum absolute atomic E-state index is 0.161. The molecule has 6 nitrogen and oxygen atoms in total. The molecular formula is C18H18N4O2. The van der Waals surface area contributed by atoms with E-state index in [1.54, 1.807) is 23.1 Å². The van der Waals surface area contributed by atoms with Crippen molar-refractivity contribution in [1.29, 1.82) is 0 Å². The maximum absolute atomic E-state index is 12.5. The number of nitrogens with one attached hydrogen (secondary N) is 1. The molecule has 0 fully saturated rings. The molecule has 2 N–H and O–H groups in total. The molecule has 1 heterocycles. The zero-order valence-corrected chi connectivity index (χ0v) is 13.3. The van der Waals surface area contributed by atoms with Gasteiger partial charge in [0.2, 0.25) is 0 Å². The Balaban J connectivity index is 1.79. The van der Waals surface area contributed by atoms with Crippen LogP contribution in [-0.2, 0) is 0 Å². The van der Waals surface area contributed by atoms with Crippen molar-refractivity contribution >= 4 is 5.91 Å². The van der Waals surface area contributed by atoms with Crippen LogP contribution in [0.1, 0.15) is 27.5 Å². The summed E-state index contributed by atoms with van der Waals surface area (Å²) in [5.74, 6) is -0.230. The lowest BCUT2D eigenvalue weighted by atomic mass is 10.1. The Morgan fingerprint density at radius 3 is 2.67 bits per heavy atom. The Labute approximate surface area is 139 Å². The molecule has 0 radical (unpaired) electrons. The predicted octanol–water partition coefficient (Wildman–Crippen LogP) is 2.04. The summed E-state index contributed by atoms with van der Waals surface area (Å²) in [6.07, 6.45) is 3.07. The van der Waals surface area contributed by atoms with Crippen molar-refractivity contribution in [2.45, 2.75) is 13.0 Å². The van der Waals surface area contributed by atoms with Crippen molar-refractivity contribution in [3.05, 3.63) is 77.9 Å². The van der Waals surface area contributed by atoms with Gasteiger partial charge in [0.25, 0.3) is 5.91 Å². The number of aliphatic hydroxyl groups is 1. The maximum Gasteiger partial charge on any atom is 0.251 e. The molecule has 0 spiro atoms. The van der Waals surface area contributed by atoms with Crippen LogP contribution in [-0.4, -0.2) is 32.4 Å². The van der Waals surface area contributed by atoms with Gasteiger partial charge in [0.1, 0.15) is 12.7 Å². The molecule has 1 amide bonds. The summed E-state index contributed by atoms with van der Waals surface area (Å²) in [5, 5.41) is 16.5. The molecule has 6 heteroatoms. The molecule has 0 bridgehead atoms. The van der Waals surface area contributed by atoms with Gasteiger partial charge in [0.15, 0.2) is 0 Å². The van der Waals surface area contributed by atoms with Crippen molar-refractivity contribution in [3.63, 3.8) is 0 Å². The summed E-state index contributed by atoms with van der Waals surface area (Å²) >= 11 is 0. The van der Waals surface area contributed by atoms with Crippen LogP contribution in [0.2, 0.25) is 0 Å². The number of rotatable bonds is 5. The van der Waals surface area contributed by atoms with Crippen LogP contribution in [0.5, 0.6) is 0 Å². The highest BCUT2D eigenvalue weighted by Gasteiger charge is 2.15. The normalized spacial score (nSPS) is 11.9. The van der Waals surface area contributed by atoms with Crippen LogP contribution in [0.15, 0.2) is 61.2 Å². The Hall–Kier alpha value is -2.99. The molecule has 1 unspecified atom stereocenters. The highest BCUT2D eigenvalue weighted by molar-refractivity contribution is 5.95. The van der Waals surface area contributed by atoms with Crippen molar-refractivity contribution in [1.82, 2.24) is 20.1 Å². The smallest absolute Gasteiger partial charge is 0.251 e. The largest absolute Gasteiger partial charge is 0.394 e. The molecule has 1 aromatic heterocycles. The minimum atomic E-state index is -0.436. The number of hydrogen-bond acceptors (Lipinski definition) is 4. The third-order valence-electron chi connectivity index (χ3n) is 3.81. The summed E-state index contributed by atoms with van der Waals surface area (Å²) < 4.78 is 1.65. The molecule has 0 aliphatic rings. The molecule has 0 aliphatic carbocycles. The highest BCUT2D eigenvalue weighted by Crippen LogP contribution is 2.17. The van der Waals surface area contributed by atoms with E-state index in [1.807, 2.05) is 43.3 Å². The molecule has 2 aromatic carbocycles. The standard InChI is InChI=1S/C18H18N4O2/c1-13-9-15(7-8-17(13)22-12-19-11-20-22)18(24)21-16(10-23)14-5-3-2-4-6-14/h2-9,11-12,16,23H,10H2,1H3,(H,21,24). The predicted molar refractivity (Wildman–Crippen MR) is 89.8 cm³/mol. The van der Waals surface area contributed by atoms with Crippen LogP contribution in [0.25, 0.3) is 5.69 Å². The second-order valence-corrected chi connectivity index (χ2v) is 5.46. The summed E-state index contributed by atoms with van der Waals surface area (Å²) in [6.45, 7) is 1.75. The van der Waals surface area contributed by atoms with Gasteiger partial charge in [0, 0.05) is 5.56 Å². The molecule has 3 aromatic rings. The number of aryl methyl sites for hydroxylation is 1. The van der Waals surface area contributed by atoms with Gasteiger partial charge in [-0.25, -0.2) is 9.67 Å². The number of aliphatic hydroxyl groups excluding tert-OH is 1. The number of aromatic nitrogens is 3. The third kappa shape index (κ3) is 3.33. The van der Waals surface area contributed by atoms with Gasteiger partial charge in [-0.1, -0.05) is 30.3 Å². The van der Waals surface area contributed by atoms with Gasteiger partial charge >= 0.3 is 0 Å². The van der Waals surface area contributed by atoms with Gasteiger partial charge in [0.05, 0.1) is 18.3 Å². The maximum atomic E-state index is 12.5. The van der Waals surface area contributed by atoms with E-state index in [0.717, 1.165) is 16.8 Å². The molecule has 1 atom stereocenters. The highest BCUT2D eigenvalue weighted by atomic mass is 16.3. The Morgan fingerprint density at radius 1 is 1.25 bits per heavy atom. The number of carbonyl (C=O) groups excluding carboxylic acids is 1.